The number of nitrogens with one attached hydrogen (secondary N) is 1. The molecule has 0 spiro atoms. The van der Waals surface area contributed by atoms with Crippen molar-refractivity contribution in [3.63, 3.8) is 0 Å². The summed E-state index contributed by atoms with van der Waals surface area (Å²) in [7, 11) is 0. The van der Waals surface area contributed by atoms with Gasteiger partial charge in [0.2, 0.25) is 5.91 Å². The third-order valence-corrected chi connectivity index (χ3v) is 2.63. The standard InChI is InChI=1S/C15H12FNO4/c1-9-2-4-11(21-9)5-7-14(18)17-13-6-3-10(15(19)20)8-12(13)16/h2-8H,1H3,(H,17,18)(H,19,20). The second-order valence-electron chi connectivity index (χ2n) is 4.27. The van der Waals surface area contributed by atoms with E-state index in [2.05, 4.69) is 5.32 Å². The van der Waals surface area contributed by atoms with Gasteiger partial charge in [-0.3, -0.25) is 4.79 Å². The molecule has 2 aromatic rings. The van der Waals surface area contributed by atoms with E-state index < -0.39 is 17.7 Å². The largest absolute Gasteiger partial charge is 0.478 e. The first kappa shape index (κ1) is 14.5. The zero-order valence-corrected chi connectivity index (χ0v) is 11.1. The SMILES string of the molecule is Cc1ccc(C=CC(=O)Nc2ccc(C(=O)O)cc2F)o1. The van der Waals surface area contributed by atoms with Gasteiger partial charge in [-0.05, 0) is 43.3 Å². The Bertz CT molecular complexity index is 718. The normalized spacial score (nSPS) is 10.8. The number of aryl methyl sites for hydroxylation is 1. The fourth-order valence-corrected chi connectivity index (χ4v) is 1.62. The summed E-state index contributed by atoms with van der Waals surface area (Å²) >= 11 is 0. The number of furan rings is 1. The van der Waals surface area contributed by atoms with E-state index >= 15 is 0 Å². The maximum atomic E-state index is 13.6. The van der Waals surface area contributed by atoms with Crippen LogP contribution in [-0.2, 0) is 4.79 Å². The molecule has 1 aromatic carbocycles. The second-order valence-corrected chi connectivity index (χ2v) is 4.27. The molecule has 0 fully saturated rings. The first-order valence-electron chi connectivity index (χ1n) is 6.04. The molecule has 1 amide bonds. The molecule has 0 radical (unpaired) electrons. The minimum absolute atomic E-state index is 0.0923. The van der Waals surface area contributed by atoms with Gasteiger partial charge in [0.1, 0.15) is 17.3 Å². The highest BCUT2D eigenvalue weighted by atomic mass is 19.1. The molecule has 0 saturated heterocycles. The zero-order chi connectivity index (χ0) is 15.4. The van der Waals surface area contributed by atoms with Gasteiger partial charge in [-0.15, -0.1) is 0 Å². The fourth-order valence-electron chi connectivity index (χ4n) is 1.62. The molecular weight excluding hydrogens is 277 g/mol. The number of carboxylic acid groups (broad SMARTS) is 1. The summed E-state index contributed by atoms with van der Waals surface area (Å²) < 4.78 is 18.9. The van der Waals surface area contributed by atoms with Gasteiger partial charge in [0.25, 0.3) is 0 Å². The van der Waals surface area contributed by atoms with Crippen molar-refractivity contribution < 1.29 is 23.5 Å². The van der Waals surface area contributed by atoms with Crippen molar-refractivity contribution in [2.45, 2.75) is 6.92 Å². The van der Waals surface area contributed by atoms with Crippen LogP contribution in [0.1, 0.15) is 21.9 Å². The molecule has 0 atom stereocenters. The highest BCUT2D eigenvalue weighted by molar-refractivity contribution is 6.02. The lowest BCUT2D eigenvalue weighted by molar-refractivity contribution is -0.111. The molecule has 0 bridgehead atoms. The molecule has 0 aliphatic carbocycles. The summed E-state index contributed by atoms with van der Waals surface area (Å²) in [6.07, 6.45) is 2.65. The Morgan fingerprint density at radius 3 is 2.62 bits per heavy atom. The van der Waals surface area contributed by atoms with Crippen molar-refractivity contribution in [3.8, 4) is 0 Å². The molecule has 2 N–H and O–H groups in total. The third kappa shape index (κ3) is 3.79. The van der Waals surface area contributed by atoms with Crippen LogP contribution in [0.5, 0.6) is 0 Å². The monoisotopic (exact) mass is 289 g/mol. The summed E-state index contributed by atoms with van der Waals surface area (Å²) in [6.45, 7) is 1.77. The van der Waals surface area contributed by atoms with E-state index in [0.29, 0.717) is 11.5 Å². The van der Waals surface area contributed by atoms with Crippen LogP contribution >= 0.6 is 0 Å². The number of carbonyl (C=O) groups is 2. The van der Waals surface area contributed by atoms with Crippen LogP contribution in [0.15, 0.2) is 40.8 Å². The lowest BCUT2D eigenvalue weighted by atomic mass is 10.2. The Hall–Kier alpha value is -2.89. The molecule has 0 aliphatic heterocycles. The molecule has 0 saturated carbocycles. The van der Waals surface area contributed by atoms with Gasteiger partial charge >= 0.3 is 5.97 Å². The van der Waals surface area contributed by atoms with E-state index in [1.165, 1.54) is 24.3 Å². The van der Waals surface area contributed by atoms with Crippen molar-refractivity contribution in [1.29, 1.82) is 0 Å². The number of hydrogen-bond acceptors (Lipinski definition) is 3. The molecule has 5 nitrogen and oxygen atoms in total. The van der Waals surface area contributed by atoms with Crippen molar-refractivity contribution in [2.24, 2.45) is 0 Å². The van der Waals surface area contributed by atoms with Crippen molar-refractivity contribution in [3.05, 3.63) is 59.3 Å². The zero-order valence-electron chi connectivity index (χ0n) is 11.1. The number of aromatic carboxylic acids is 1. The van der Waals surface area contributed by atoms with Crippen LogP contribution in [0.25, 0.3) is 6.08 Å². The number of amides is 1. The van der Waals surface area contributed by atoms with Gasteiger partial charge < -0.3 is 14.8 Å². The van der Waals surface area contributed by atoms with E-state index in [4.69, 9.17) is 9.52 Å². The maximum Gasteiger partial charge on any atom is 0.335 e. The minimum atomic E-state index is -1.24. The Kier molecular flexibility index (Phi) is 4.18. The lowest BCUT2D eigenvalue weighted by Gasteiger charge is -2.04. The van der Waals surface area contributed by atoms with Crippen LogP contribution in [-0.4, -0.2) is 17.0 Å². The van der Waals surface area contributed by atoms with Gasteiger partial charge in [-0.25, -0.2) is 9.18 Å². The number of benzene rings is 1. The summed E-state index contributed by atoms with van der Waals surface area (Å²) in [5.41, 5.74) is -0.280. The molecule has 1 heterocycles. The van der Waals surface area contributed by atoms with Gasteiger partial charge in [-0.1, -0.05) is 0 Å². The Morgan fingerprint density at radius 2 is 2.05 bits per heavy atom. The molecule has 2 rings (SSSR count). The van der Waals surface area contributed by atoms with Crippen molar-refractivity contribution in [2.75, 3.05) is 5.32 Å². The number of halogens is 1. The predicted octanol–water partition coefficient (Wildman–Crippen LogP) is 3.08. The highest BCUT2D eigenvalue weighted by Crippen LogP contribution is 2.16. The molecule has 6 heteroatoms. The van der Waals surface area contributed by atoms with Gasteiger partial charge in [0.15, 0.2) is 0 Å². The third-order valence-electron chi connectivity index (χ3n) is 2.63. The van der Waals surface area contributed by atoms with Crippen LogP contribution in [0.3, 0.4) is 0 Å². The predicted molar refractivity (Wildman–Crippen MR) is 74.5 cm³/mol. The number of rotatable bonds is 4. The quantitative estimate of drug-likeness (QED) is 0.848. The molecule has 0 unspecified atom stereocenters. The van der Waals surface area contributed by atoms with Crippen LogP contribution in [0.2, 0.25) is 0 Å². The smallest absolute Gasteiger partial charge is 0.335 e. The fraction of sp³-hybridized carbons (Fsp3) is 0.0667. The van der Waals surface area contributed by atoms with Crippen LogP contribution in [0.4, 0.5) is 10.1 Å². The number of carboxylic acids is 1. The van der Waals surface area contributed by atoms with E-state index in [0.717, 1.165) is 6.07 Å². The van der Waals surface area contributed by atoms with Gasteiger partial charge in [0.05, 0.1) is 11.3 Å². The first-order valence-corrected chi connectivity index (χ1v) is 6.04. The van der Waals surface area contributed by atoms with E-state index in [9.17, 15) is 14.0 Å². The highest BCUT2D eigenvalue weighted by Gasteiger charge is 2.09. The first-order chi connectivity index (χ1) is 9.95. The molecule has 1 aromatic heterocycles. The number of hydrogen-bond donors (Lipinski definition) is 2. The minimum Gasteiger partial charge on any atom is -0.478 e. The molecule has 108 valence electrons. The average Bonchev–Trinajstić information content (AvgIpc) is 2.84. The topological polar surface area (TPSA) is 79.5 Å². The van der Waals surface area contributed by atoms with E-state index in [-0.39, 0.29) is 11.3 Å². The Balaban J connectivity index is 2.06. The second kappa shape index (κ2) is 6.04. The summed E-state index contributed by atoms with van der Waals surface area (Å²) in [5.74, 6) is -1.38. The van der Waals surface area contributed by atoms with E-state index in [1.807, 2.05) is 0 Å². The summed E-state index contributed by atoms with van der Waals surface area (Å²) in [6, 6.07) is 6.70. The number of carbonyl (C=O) groups excluding carboxylic acids is 1. The average molecular weight is 289 g/mol. The molecular formula is C15H12FNO4. The lowest BCUT2D eigenvalue weighted by Crippen LogP contribution is -2.10. The Labute approximate surface area is 119 Å². The number of anilines is 1. The summed E-state index contributed by atoms with van der Waals surface area (Å²) in [5, 5.41) is 11.0. The van der Waals surface area contributed by atoms with Crippen LogP contribution < -0.4 is 5.32 Å². The van der Waals surface area contributed by atoms with Crippen molar-refractivity contribution in [1.82, 2.24) is 0 Å². The van der Waals surface area contributed by atoms with Crippen LogP contribution in [0, 0.1) is 12.7 Å². The van der Waals surface area contributed by atoms with Crippen molar-refractivity contribution >= 4 is 23.6 Å². The summed E-state index contributed by atoms with van der Waals surface area (Å²) in [4.78, 5) is 22.3. The van der Waals surface area contributed by atoms with E-state index in [1.54, 1.807) is 19.1 Å². The van der Waals surface area contributed by atoms with Gasteiger partial charge in [0, 0.05) is 6.08 Å². The molecule has 0 aliphatic rings. The van der Waals surface area contributed by atoms with Gasteiger partial charge in [-0.2, -0.15) is 0 Å². The maximum absolute atomic E-state index is 13.6. The Morgan fingerprint density at radius 1 is 1.29 bits per heavy atom. The molecule has 21 heavy (non-hydrogen) atoms.